The van der Waals surface area contributed by atoms with Crippen LogP contribution in [0.1, 0.15) is 31.8 Å². The van der Waals surface area contributed by atoms with Gasteiger partial charge in [0.05, 0.1) is 57.8 Å². The molecule has 6 N–H and O–H groups in total. The molecule has 6 aromatic carbocycles. The van der Waals surface area contributed by atoms with Crippen LogP contribution in [-0.4, -0.2) is 116 Å². The minimum Gasteiger partial charge on any atom is -0.455 e. The topological polar surface area (TPSA) is 283 Å². The molecule has 0 aliphatic rings. The molecular weight excluding hydrogens is 1260 g/mol. The zero-order chi connectivity index (χ0) is 66.2. The predicted octanol–water partition coefficient (Wildman–Crippen LogP) is 11.1. The van der Waals surface area contributed by atoms with Gasteiger partial charge in [0.2, 0.25) is 25.3 Å². The molecule has 0 atom stereocenters. The molecule has 2 amide bonds. The maximum Gasteiger partial charge on any atom is 0.490 e. The van der Waals surface area contributed by atoms with Crippen LogP contribution < -0.4 is 24.7 Å². The van der Waals surface area contributed by atoms with Gasteiger partial charge in [0.25, 0.3) is 11.8 Å². The second-order valence-corrected chi connectivity index (χ2v) is 24.9. The number of fused-ring (bicyclic) bond motifs is 4. The third-order valence-corrected chi connectivity index (χ3v) is 17.3. The summed E-state index contributed by atoms with van der Waals surface area (Å²) in [6, 6.07) is 29.3. The molecule has 12 aromatic rings. The third-order valence-electron chi connectivity index (χ3n) is 14.7. The van der Waals surface area contributed by atoms with Gasteiger partial charge < -0.3 is 39.5 Å². The van der Waals surface area contributed by atoms with E-state index in [1.165, 1.54) is 113 Å². The Hall–Kier alpha value is -10.4. The Morgan fingerprint density at radius 3 is 1.48 bits per heavy atom. The number of anilines is 2. The van der Waals surface area contributed by atoms with Gasteiger partial charge in [0, 0.05) is 119 Å². The van der Waals surface area contributed by atoms with Crippen molar-refractivity contribution in [2.24, 2.45) is 0 Å². The fourth-order valence-corrected chi connectivity index (χ4v) is 11.1. The van der Waals surface area contributed by atoms with Gasteiger partial charge in [-0.1, -0.05) is 37.4 Å². The lowest BCUT2D eigenvalue weighted by Gasteiger charge is -2.20. The summed E-state index contributed by atoms with van der Waals surface area (Å²) in [5, 5.41) is 26.3. The number of aromatic nitrogens is 6. The van der Waals surface area contributed by atoms with E-state index in [2.05, 4.69) is 48.7 Å². The quantitative estimate of drug-likeness (QED) is 0.0336. The van der Waals surface area contributed by atoms with E-state index >= 15 is 0 Å². The van der Waals surface area contributed by atoms with Gasteiger partial charge in [-0.25, -0.2) is 54.3 Å². The van der Waals surface area contributed by atoms with E-state index in [-0.39, 0.29) is 78.5 Å². The summed E-state index contributed by atoms with van der Waals surface area (Å²) in [4.78, 5) is 49.4. The van der Waals surface area contributed by atoms with Crippen LogP contribution in [0.25, 0.3) is 113 Å². The first-order valence-corrected chi connectivity index (χ1v) is 31.4. The Morgan fingerprint density at radius 2 is 1.04 bits per heavy atom. The summed E-state index contributed by atoms with van der Waals surface area (Å²) >= 11 is 5.81. The number of rotatable bonds is 14. The van der Waals surface area contributed by atoms with Gasteiger partial charge in [-0.3, -0.25) is 18.2 Å². The number of carbonyl (C=O) groups excluding carboxylic acids is 2. The number of amides is 2. The molecule has 92 heavy (non-hydrogen) atoms. The lowest BCUT2D eigenvalue weighted by molar-refractivity contribution is 0.0956. The number of benzene rings is 6. The number of hydrogen-bond donors (Lipinski definition) is 6. The highest BCUT2D eigenvalue weighted by Crippen LogP contribution is 2.42. The molecule has 12 rings (SSSR count). The van der Waals surface area contributed by atoms with E-state index in [0.29, 0.717) is 66.7 Å². The van der Waals surface area contributed by atoms with Gasteiger partial charge in [-0.2, -0.15) is 0 Å². The zero-order valence-corrected chi connectivity index (χ0v) is 51.8. The number of H-pyrrole nitrogens is 2. The highest BCUT2D eigenvalue weighted by atomic mass is 35.5. The number of sulfonamides is 2. The van der Waals surface area contributed by atoms with Gasteiger partial charge in [0.15, 0.2) is 5.82 Å². The minimum absolute atomic E-state index is 0.0159. The Labute approximate surface area is 527 Å². The second-order valence-electron chi connectivity index (χ2n) is 20.5. The van der Waals surface area contributed by atoms with Gasteiger partial charge in [0.1, 0.15) is 46.0 Å². The molecule has 0 aliphatic carbocycles. The number of aromatic amines is 2. The minimum atomic E-state index is -3.78. The summed E-state index contributed by atoms with van der Waals surface area (Å²) in [5.74, 6) is -2.14. The molecule has 0 saturated heterocycles. The average Bonchev–Trinajstić information content (AvgIpc) is 1.56. The van der Waals surface area contributed by atoms with E-state index in [0.717, 1.165) is 26.7 Å². The molecule has 468 valence electrons. The first-order valence-electron chi connectivity index (χ1n) is 27.3. The maximum atomic E-state index is 14.5. The largest absolute Gasteiger partial charge is 0.490 e. The fraction of sp³-hybridized carbons (Fsp3) is 0.0938. The van der Waals surface area contributed by atoms with E-state index in [4.69, 9.17) is 25.4 Å². The van der Waals surface area contributed by atoms with Crippen LogP contribution in [0.15, 0.2) is 156 Å². The normalized spacial score (nSPS) is 11.4. The zero-order valence-electron chi connectivity index (χ0n) is 49.4. The predicted molar refractivity (Wildman–Crippen MR) is 349 cm³/mol. The molecule has 20 nitrogen and oxygen atoms in total. The molecule has 0 saturated carbocycles. The van der Waals surface area contributed by atoms with Crippen molar-refractivity contribution in [3.05, 3.63) is 198 Å². The lowest BCUT2D eigenvalue weighted by Crippen LogP contribution is -2.37. The van der Waals surface area contributed by atoms with Crippen molar-refractivity contribution >= 4 is 123 Å². The van der Waals surface area contributed by atoms with Crippen molar-refractivity contribution in [2.75, 3.05) is 49.3 Å². The van der Waals surface area contributed by atoms with Crippen molar-refractivity contribution in [3.63, 3.8) is 0 Å². The smallest absolute Gasteiger partial charge is 0.455 e. The molecular formula is C64H52BClF4N10O10S2. The molecule has 0 radical (unpaired) electrons. The summed E-state index contributed by atoms with van der Waals surface area (Å²) in [7, 11) is -3.97. The monoisotopic (exact) mass is 1310 g/mol. The van der Waals surface area contributed by atoms with E-state index in [1.54, 1.807) is 60.8 Å². The Bertz CT molecular complexity index is 5160. The van der Waals surface area contributed by atoms with Crippen LogP contribution in [0.5, 0.6) is 0 Å². The van der Waals surface area contributed by atoms with Crippen LogP contribution in [0.2, 0.25) is 5.28 Å². The summed E-state index contributed by atoms with van der Waals surface area (Å²) in [5.41, 5.74) is 6.56. The van der Waals surface area contributed by atoms with Crippen LogP contribution in [0, 0.1) is 23.3 Å². The highest BCUT2D eigenvalue weighted by molar-refractivity contribution is 7.92. The first-order chi connectivity index (χ1) is 43.7. The van der Waals surface area contributed by atoms with Crippen molar-refractivity contribution in [2.45, 2.75) is 0 Å². The van der Waals surface area contributed by atoms with Crippen molar-refractivity contribution in [1.29, 1.82) is 0 Å². The van der Waals surface area contributed by atoms with Gasteiger partial charge >= 0.3 is 7.12 Å². The molecule has 0 fully saturated rings. The summed E-state index contributed by atoms with van der Waals surface area (Å²) in [6.07, 6.45) is 8.32. The van der Waals surface area contributed by atoms with Crippen LogP contribution in [0.4, 0.5) is 28.9 Å². The van der Waals surface area contributed by atoms with E-state index in [9.17, 15) is 54.0 Å². The van der Waals surface area contributed by atoms with E-state index in [1.807, 2.05) is 0 Å². The first kappa shape index (κ1) is 64.5. The summed E-state index contributed by atoms with van der Waals surface area (Å²) in [6.45, 7) is 7.56. The third kappa shape index (κ3) is 12.8. The molecule has 0 spiro atoms. The van der Waals surface area contributed by atoms with Gasteiger partial charge in [-0.05, 0) is 109 Å². The number of nitrogens with one attached hydrogen (secondary N) is 4. The fourth-order valence-electron chi connectivity index (χ4n) is 9.98. The number of nitrogens with zero attached hydrogens (tertiary/aromatic N) is 6. The summed E-state index contributed by atoms with van der Waals surface area (Å²) < 4.78 is 118. The van der Waals surface area contributed by atoms with Crippen LogP contribution in [0.3, 0.4) is 0 Å². The molecule has 6 aromatic heterocycles. The average molecular weight is 1310 g/mol. The lowest BCUT2D eigenvalue weighted by atomic mass is 9.78. The molecule has 6 heterocycles. The van der Waals surface area contributed by atoms with Crippen LogP contribution >= 0.6 is 11.6 Å². The molecule has 0 bridgehead atoms. The van der Waals surface area contributed by atoms with Crippen molar-refractivity contribution < 1.29 is 62.9 Å². The Kier molecular flexibility index (Phi) is 18.1. The molecule has 0 unspecified atom stereocenters. The second kappa shape index (κ2) is 25.8. The molecule has 0 aliphatic heterocycles. The van der Waals surface area contributed by atoms with Crippen molar-refractivity contribution in [1.82, 2.24) is 40.5 Å². The molecule has 28 heteroatoms. The SMILES string of the molecule is C=Cc1cnc(-c2cc3c(C(=O)NC)c(-c4ccc(F)cc4)oc3cc2N(C)S(C)(=O)=O)nc1-c1cc2c(F)cccc2[nH]1.C=Cc1cnc(Cl)nc1-c1cc2c(F)cccc2[nH]1.CNC(=O)c1c(-c2ccc(F)cc2)oc2cc(N(C)S(C)(=O)=O)c(B(O)O)cc12. The standard InChI is InChI=1S/C32H25F2N5O4S.C18H18BFN2O6S.C14H9ClFN3/c1-5-17-16-36-31(38-29(17)25-14-20-23(34)7-6-8-24(20)37-25)21-13-22-27(15-26(21)39(3)44(4,41)42)43-30(28(22)32(40)35-2)18-9-11-19(33)12-10-18;1-21-18(23)16-12-8-13(19(24)25)14(22(2)29(3,26)27)9-15(12)28-17(16)10-4-6-11(20)7-5-10;1-2-8-7-17-14(15)19-13(8)12-6-9-10(16)4-3-5-11(9)18-12/h5-16,37H,1H2,2-4H3,(H,35,40);4-9,24-25H,1-3H3,(H,21,23);2-7,18H,1H2. The van der Waals surface area contributed by atoms with E-state index < -0.39 is 56.4 Å². The van der Waals surface area contributed by atoms with Crippen molar-refractivity contribution in [3.8, 4) is 56.8 Å². The van der Waals surface area contributed by atoms with Gasteiger partial charge in [-0.15, -0.1) is 0 Å². The number of furan rings is 2. The highest BCUT2D eigenvalue weighted by Gasteiger charge is 2.30. The maximum absolute atomic E-state index is 14.5. The Morgan fingerprint density at radius 1 is 0.609 bits per heavy atom. The number of carbonyl (C=O) groups is 2. The van der Waals surface area contributed by atoms with Crippen LogP contribution in [-0.2, 0) is 20.0 Å². The Balaban J connectivity index is 0.000000165. The number of hydrogen-bond acceptors (Lipinski definition) is 14. The number of halogens is 5.